The van der Waals surface area contributed by atoms with Gasteiger partial charge in [0.15, 0.2) is 5.65 Å². The van der Waals surface area contributed by atoms with Gasteiger partial charge >= 0.3 is 0 Å². The number of nitrogens with zero attached hydrogens (tertiary/aromatic N) is 4. The number of anilines is 1. The van der Waals surface area contributed by atoms with E-state index in [2.05, 4.69) is 43.9 Å². The fourth-order valence-electron chi connectivity index (χ4n) is 3.09. The van der Waals surface area contributed by atoms with Gasteiger partial charge in [0.05, 0.1) is 18.3 Å². The Labute approximate surface area is 144 Å². The molecule has 24 heavy (non-hydrogen) atoms. The lowest BCUT2D eigenvalue weighted by Gasteiger charge is -2.25. The second kappa shape index (κ2) is 6.03. The highest BCUT2D eigenvalue weighted by atomic mass is 35.5. The van der Waals surface area contributed by atoms with Crippen molar-refractivity contribution < 1.29 is 4.74 Å². The van der Waals surface area contributed by atoms with Gasteiger partial charge in [-0.1, -0.05) is 30.3 Å². The van der Waals surface area contributed by atoms with Gasteiger partial charge in [0.2, 0.25) is 11.2 Å². The zero-order valence-electron chi connectivity index (χ0n) is 13.4. The van der Waals surface area contributed by atoms with E-state index in [-0.39, 0.29) is 10.8 Å². The van der Waals surface area contributed by atoms with Crippen LogP contribution in [0.15, 0.2) is 36.5 Å². The van der Waals surface area contributed by atoms with Crippen molar-refractivity contribution in [3.63, 3.8) is 0 Å². The van der Waals surface area contributed by atoms with Crippen molar-refractivity contribution in [1.29, 1.82) is 0 Å². The van der Waals surface area contributed by atoms with Crippen molar-refractivity contribution in [2.75, 3.05) is 18.5 Å². The number of benzene rings is 1. The van der Waals surface area contributed by atoms with E-state index in [4.69, 9.17) is 16.3 Å². The molecule has 0 aliphatic carbocycles. The number of imidazole rings is 1. The third-order valence-electron chi connectivity index (χ3n) is 4.43. The number of rotatable bonds is 5. The maximum absolute atomic E-state index is 5.96. The van der Waals surface area contributed by atoms with E-state index in [1.807, 2.05) is 18.2 Å². The SMILES string of the molecule is CC1(CCOCc2ccccc2)CNc2nc3cnc(Cl)nc3n21. The number of aromatic nitrogens is 4. The topological polar surface area (TPSA) is 64.9 Å². The highest BCUT2D eigenvalue weighted by Crippen LogP contribution is 2.35. The van der Waals surface area contributed by atoms with Gasteiger partial charge in [-0.2, -0.15) is 4.98 Å². The van der Waals surface area contributed by atoms with Gasteiger partial charge in [-0.25, -0.2) is 9.97 Å². The van der Waals surface area contributed by atoms with Crippen molar-refractivity contribution in [2.24, 2.45) is 0 Å². The first-order valence-corrected chi connectivity index (χ1v) is 8.30. The van der Waals surface area contributed by atoms with Crippen LogP contribution in [0.1, 0.15) is 18.9 Å². The number of halogens is 1. The smallest absolute Gasteiger partial charge is 0.224 e. The summed E-state index contributed by atoms with van der Waals surface area (Å²) >= 11 is 5.96. The Balaban J connectivity index is 1.49. The molecule has 3 aromatic rings. The largest absolute Gasteiger partial charge is 0.377 e. The summed E-state index contributed by atoms with van der Waals surface area (Å²) < 4.78 is 7.97. The second-order valence-corrected chi connectivity index (χ2v) is 6.60. The number of hydrogen-bond donors (Lipinski definition) is 1. The van der Waals surface area contributed by atoms with E-state index in [0.29, 0.717) is 13.2 Å². The lowest BCUT2D eigenvalue weighted by Crippen LogP contribution is -2.32. The molecule has 6 nitrogen and oxygen atoms in total. The molecule has 1 aromatic carbocycles. The third-order valence-corrected chi connectivity index (χ3v) is 4.62. The van der Waals surface area contributed by atoms with E-state index in [1.54, 1.807) is 6.20 Å². The lowest BCUT2D eigenvalue weighted by atomic mass is 9.99. The summed E-state index contributed by atoms with van der Waals surface area (Å²) in [6, 6.07) is 10.2. The fourth-order valence-corrected chi connectivity index (χ4v) is 3.22. The molecule has 0 saturated heterocycles. The number of hydrogen-bond acceptors (Lipinski definition) is 5. The van der Waals surface area contributed by atoms with Gasteiger partial charge in [-0.3, -0.25) is 4.57 Å². The Morgan fingerprint density at radius 2 is 2.12 bits per heavy atom. The minimum atomic E-state index is -0.154. The second-order valence-electron chi connectivity index (χ2n) is 6.26. The predicted molar refractivity (Wildman–Crippen MR) is 93.2 cm³/mol. The minimum Gasteiger partial charge on any atom is -0.377 e. The van der Waals surface area contributed by atoms with Gasteiger partial charge in [-0.05, 0) is 30.5 Å². The molecule has 7 heteroatoms. The van der Waals surface area contributed by atoms with Crippen LogP contribution in [-0.4, -0.2) is 32.7 Å². The molecular formula is C17H18ClN5O. The highest BCUT2D eigenvalue weighted by Gasteiger charge is 2.36. The van der Waals surface area contributed by atoms with Crippen LogP contribution in [0.25, 0.3) is 11.2 Å². The molecule has 1 N–H and O–H groups in total. The molecule has 0 fully saturated rings. The monoisotopic (exact) mass is 343 g/mol. The first kappa shape index (κ1) is 15.4. The number of ether oxygens (including phenoxy) is 1. The predicted octanol–water partition coefficient (Wildman–Crippen LogP) is 3.23. The lowest BCUT2D eigenvalue weighted by molar-refractivity contribution is 0.0961. The molecule has 1 unspecified atom stereocenters. The molecule has 0 spiro atoms. The Morgan fingerprint density at radius 3 is 2.96 bits per heavy atom. The van der Waals surface area contributed by atoms with Crippen molar-refractivity contribution in [3.05, 3.63) is 47.4 Å². The highest BCUT2D eigenvalue weighted by molar-refractivity contribution is 6.28. The molecule has 4 rings (SSSR count). The molecular weight excluding hydrogens is 326 g/mol. The van der Waals surface area contributed by atoms with Gasteiger partial charge < -0.3 is 10.1 Å². The quantitative estimate of drug-likeness (QED) is 0.569. The fraction of sp³-hybridized carbons (Fsp3) is 0.353. The summed E-state index contributed by atoms with van der Waals surface area (Å²) in [5, 5.41) is 3.58. The normalized spacial score (nSPS) is 19.4. The zero-order valence-corrected chi connectivity index (χ0v) is 14.1. The molecule has 1 atom stereocenters. The van der Waals surface area contributed by atoms with Crippen LogP contribution in [0, 0.1) is 0 Å². The summed E-state index contributed by atoms with van der Waals surface area (Å²) in [5.41, 5.74) is 2.54. The van der Waals surface area contributed by atoms with Crippen molar-refractivity contribution in [2.45, 2.75) is 25.5 Å². The van der Waals surface area contributed by atoms with Crippen LogP contribution >= 0.6 is 11.6 Å². The van der Waals surface area contributed by atoms with Gasteiger partial charge in [-0.15, -0.1) is 0 Å². The zero-order chi connectivity index (χ0) is 16.6. The molecule has 2 aromatic heterocycles. The summed E-state index contributed by atoms with van der Waals surface area (Å²) in [6.45, 7) is 4.25. The van der Waals surface area contributed by atoms with Crippen LogP contribution in [0.3, 0.4) is 0 Å². The van der Waals surface area contributed by atoms with Crippen molar-refractivity contribution in [3.8, 4) is 0 Å². The van der Waals surface area contributed by atoms with E-state index >= 15 is 0 Å². The molecule has 0 bridgehead atoms. The first-order chi connectivity index (χ1) is 11.7. The molecule has 0 saturated carbocycles. The van der Waals surface area contributed by atoms with Gasteiger partial charge in [0, 0.05) is 13.2 Å². The van der Waals surface area contributed by atoms with Gasteiger partial charge in [0.25, 0.3) is 0 Å². The summed E-state index contributed by atoms with van der Waals surface area (Å²) in [4.78, 5) is 12.9. The minimum absolute atomic E-state index is 0.154. The van der Waals surface area contributed by atoms with Crippen LogP contribution in [-0.2, 0) is 16.9 Å². The van der Waals surface area contributed by atoms with Crippen LogP contribution in [0.4, 0.5) is 5.95 Å². The summed E-state index contributed by atoms with van der Waals surface area (Å²) in [7, 11) is 0. The molecule has 124 valence electrons. The number of fused-ring (bicyclic) bond motifs is 3. The van der Waals surface area contributed by atoms with Crippen LogP contribution < -0.4 is 5.32 Å². The van der Waals surface area contributed by atoms with Crippen LogP contribution in [0.5, 0.6) is 0 Å². The Morgan fingerprint density at radius 1 is 1.29 bits per heavy atom. The van der Waals surface area contributed by atoms with Gasteiger partial charge in [0.1, 0.15) is 5.52 Å². The molecule has 0 radical (unpaired) electrons. The van der Waals surface area contributed by atoms with E-state index in [1.165, 1.54) is 5.56 Å². The maximum atomic E-state index is 5.96. The molecule has 1 aliphatic rings. The standard InChI is InChI=1S/C17H18ClN5O/c1-17(7-8-24-10-12-5-3-2-4-6-12)11-20-16-21-13-9-19-15(18)22-14(13)23(16)17/h2-6,9H,7-8,10-11H2,1H3,(H,20,21). The average molecular weight is 344 g/mol. The Bertz CT molecular complexity index is 866. The molecule has 0 amide bonds. The summed E-state index contributed by atoms with van der Waals surface area (Å²) in [6.07, 6.45) is 2.51. The van der Waals surface area contributed by atoms with Crippen molar-refractivity contribution in [1.82, 2.24) is 19.5 Å². The maximum Gasteiger partial charge on any atom is 0.224 e. The Hall–Kier alpha value is -2.18. The van der Waals surface area contributed by atoms with Crippen LogP contribution in [0.2, 0.25) is 5.28 Å². The molecule has 3 heterocycles. The van der Waals surface area contributed by atoms with E-state index < -0.39 is 0 Å². The third kappa shape index (κ3) is 2.72. The molecule has 1 aliphatic heterocycles. The van der Waals surface area contributed by atoms with Crippen molar-refractivity contribution >= 4 is 28.7 Å². The van der Waals surface area contributed by atoms with E-state index in [9.17, 15) is 0 Å². The summed E-state index contributed by atoms with van der Waals surface area (Å²) in [5.74, 6) is 0.812. The Kier molecular flexibility index (Phi) is 3.86. The average Bonchev–Trinajstić information content (AvgIpc) is 3.11. The number of nitrogens with one attached hydrogen (secondary N) is 1. The first-order valence-electron chi connectivity index (χ1n) is 7.93. The van der Waals surface area contributed by atoms with E-state index in [0.717, 1.165) is 30.1 Å².